The molecule has 1 aliphatic rings. The zero-order chi connectivity index (χ0) is 19.4. The summed E-state index contributed by atoms with van der Waals surface area (Å²) in [5.74, 6) is 0.471. The molecule has 1 fully saturated rings. The molecular formula is C19H21ClN2O4S. The quantitative estimate of drug-likeness (QED) is 0.762. The average Bonchev–Trinajstić information content (AvgIpc) is 2.68. The van der Waals surface area contributed by atoms with E-state index in [-0.39, 0.29) is 23.9 Å². The van der Waals surface area contributed by atoms with Crippen molar-refractivity contribution in [1.82, 2.24) is 9.21 Å². The molecule has 0 bridgehead atoms. The van der Waals surface area contributed by atoms with Gasteiger partial charge in [-0.2, -0.15) is 4.31 Å². The maximum atomic E-state index is 12.7. The molecule has 0 radical (unpaired) electrons. The van der Waals surface area contributed by atoms with E-state index in [1.807, 2.05) is 18.2 Å². The minimum Gasteiger partial charge on any atom is -0.481 e. The Kier molecular flexibility index (Phi) is 6.04. The van der Waals surface area contributed by atoms with Crippen LogP contribution in [0.1, 0.15) is 6.92 Å². The molecule has 144 valence electrons. The Hall–Kier alpha value is -2.09. The van der Waals surface area contributed by atoms with E-state index in [9.17, 15) is 13.2 Å². The minimum absolute atomic E-state index is 0.154. The molecule has 0 aliphatic carbocycles. The molecule has 2 aromatic carbocycles. The zero-order valence-corrected chi connectivity index (χ0v) is 16.5. The summed E-state index contributed by atoms with van der Waals surface area (Å²) in [6, 6.07) is 15.3. The van der Waals surface area contributed by atoms with Crippen molar-refractivity contribution in [2.75, 3.05) is 26.2 Å². The number of para-hydroxylation sites is 1. The molecule has 1 saturated heterocycles. The first-order chi connectivity index (χ1) is 12.9. The van der Waals surface area contributed by atoms with Gasteiger partial charge in [-0.3, -0.25) is 4.79 Å². The van der Waals surface area contributed by atoms with Crippen molar-refractivity contribution in [1.29, 1.82) is 0 Å². The highest BCUT2D eigenvalue weighted by Crippen LogP contribution is 2.21. The second-order valence-corrected chi connectivity index (χ2v) is 8.63. The van der Waals surface area contributed by atoms with Gasteiger partial charge in [-0.05, 0) is 37.3 Å². The van der Waals surface area contributed by atoms with Crippen molar-refractivity contribution in [3.63, 3.8) is 0 Å². The van der Waals surface area contributed by atoms with E-state index < -0.39 is 16.1 Å². The van der Waals surface area contributed by atoms with Crippen molar-refractivity contribution >= 4 is 27.5 Å². The first-order valence-electron chi connectivity index (χ1n) is 8.64. The van der Waals surface area contributed by atoms with Gasteiger partial charge < -0.3 is 9.64 Å². The van der Waals surface area contributed by atoms with Gasteiger partial charge >= 0.3 is 0 Å². The Morgan fingerprint density at radius 3 is 2.33 bits per heavy atom. The SMILES string of the molecule is CC(Oc1ccccc1)C(=O)N1CCN(S(=O)(=O)c2cccc(Cl)c2)CC1. The number of benzene rings is 2. The molecule has 1 atom stereocenters. The van der Waals surface area contributed by atoms with Crippen LogP contribution in [-0.4, -0.2) is 55.8 Å². The van der Waals surface area contributed by atoms with E-state index in [1.165, 1.54) is 16.4 Å². The van der Waals surface area contributed by atoms with Crippen LogP contribution in [0.2, 0.25) is 5.02 Å². The molecule has 1 unspecified atom stereocenters. The molecule has 0 saturated carbocycles. The Morgan fingerprint density at radius 2 is 1.70 bits per heavy atom. The molecule has 0 spiro atoms. The number of carbonyl (C=O) groups is 1. The third-order valence-corrected chi connectivity index (χ3v) is 6.52. The minimum atomic E-state index is -3.62. The molecule has 6 nitrogen and oxygen atoms in total. The number of nitrogens with zero attached hydrogens (tertiary/aromatic N) is 2. The summed E-state index contributed by atoms with van der Waals surface area (Å²) < 4.78 is 32.5. The average molecular weight is 409 g/mol. The Labute approximate surface area is 164 Å². The normalized spacial score (nSPS) is 16.7. The first kappa shape index (κ1) is 19.7. The van der Waals surface area contributed by atoms with Gasteiger partial charge in [0.05, 0.1) is 4.90 Å². The Morgan fingerprint density at radius 1 is 1.04 bits per heavy atom. The highest BCUT2D eigenvalue weighted by atomic mass is 35.5. The van der Waals surface area contributed by atoms with Crippen LogP contribution in [0.5, 0.6) is 5.75 Å². The fourth-order valence-electron chi connectivity index (χ4n) is 2.94. The molecule has 1 aliphatic heterocycles. The lowest BCUT2D eigenvalue weighted by atomic mass is 10.3. The summed E-state index contributed by atoms with van der Waals surface area (Å²) in [7, 11) is -3.62. The predicted molar refractivity (Wildman–Crippen MR) is 103 cm³/mol. The van der Waals surface area contributed by atoms with Gasteiger partial charge in [-0.15, -0.1) is 0 Å². The van der Waals surface area contributed by atoms with Gasteiger partial charge in [0.15, 0.2) is 6.10 Å². The number of hydrogen-bond donors (Lipinski definition) is 0. The van der Waals surface area contributed by atoms with Gasteiger partial charge in [0.25, 0.3) is 5.91 Å². The summed E-state index contributed by atoms with van der Waals surface area (Å²) in [6.07, 6.45) is -0.636. The monoisotopic (exact) mass is 408 g/mol. The Bertz CT molecular complexity index is 897. The summed E-state index contributed by atoms with van der Waals surface area (Å²) in [5.41, 5.74) is 0. The number of carbonyl (C=O) groups excluding carboxylic acids is 1. The largest absolute Gasteiger partial charge is 0.481 e. The van der Waals surface area contributed by atoms with E-state index in [0.717, 1.165) is 0 Å². The number of sulfonamides is 1. The van der Waals surface area contributed by atoms with Crippen LogP contribution in [-0.2, 0) is 14.8 Å². The second-order valence-electron chi connectivity index (χ2n) is 6.26. The summed E-state index contributed by atoms with van der Waals surface area (Å²) >= 11 is 5.91. The molecule has 0 N–H and O–H groups in total. The van der Waals surface area contributed by atoms with Gasteiger partial charge in [0, 0.05) is 31.2 Å². The second kappa shape index (κ2) is 8.29. The summed E-state index contributed by atoms with van der Waals surface area (Å²) in [4.78, 5) is 14.4. The van der Waals surface area contributed by atoms with Crippen molar-refractivity contribution in [3.05, 3.63) is 59.6 Å². The number of piperazine rings is 1. The molecule has 8 heteroatoms. The van der Waals surface area contributed by atoms with Crippen molar-refractivity contribution in [3.8, 4) is 5.75 Å². The van der Waals surface area contributed by atoms with E-state index >= 15 is 0 Å². The number of rotatable bonds is 5. The van der Waals surface area contributed by atoms with Gasteiger partial charge in [0.1, 0.15) is 5.75 Å². The van der Waals surface area contributed by atoms with Gasteiger partial charge in [-0.25, -0.2) is 8.42 Å². The molecule has 1 amide bonds. The van der Waals surface area contributed by atoms with E-state index in [4.69, 9.17) is 16.3 Å². The lowest BCUT2D eigenvalue weighted by molar-refractivity contribution is -0.139. The summed E-state index contributed by atoms with van der Waals surface area (Å²) in [5, 5.41) is 0.372. The molecule has 0 aromatic heterocycles. The topological polar surface area (TPSA) is 66.9 Å². The van der Waals surface area contributed by atoms with E-state index in [1.54, 1.807) is 36.1 Å². The zero-order valence-electron chi connectivity index (χ0n) is 14.9. The van der Waals surface area contributed by atoms with Crippen LogP contribution >= 0.6 is 11.6 Å². The fraction of sp³-hybridized carbons (Fsp3) is 0.316. The van der Waals surface area contributed by atoms with Crippen molar-refractivity contribution in [2.45, 2.75) is 17.9 Å². The highest BCUT2D eigenvalue weighted by Gasteiger charge is 2.32. The molecular weight excluding hydrogens is 388 g/mol. The fourth-order valence-corrected chi connectivity index (χ4v) is 4.66. The number of amides is 1. The Balaban J connectivity index is 1.60. The number of ether oxygens (including phenoxy) is 1. The molecule has 2 aromatic rings. The van der Waals surface area contributed by atoms with Crippen LogP contribution in [0.3, 0.4) is 0 Å². The van der Waals surface area contributed by atoms with Crippen LogP contribution in [0.15, 0.2) is 59.5 Å². The number of hydrogen-bond acceptors (Lipinski definition) is 4. The molecule has 27 heavy (non-hydrogen) atoms. The van der Waals surface area contributed by atoms with Crippen molar-refractivity contribution in [2.24, 2.45) is 0 Å². The van der Waals surface area contributed by atoms with Crippen molar-refractivity contribution < 1.29 is 17.9 Å². The van der Waals surface area contributed by atoms with Crippen LogP contribution in [0.4, 0.5) is 0 Å². The van der Waals surface area contributed by atoms with Gasteiger partial charge in [-0.1, -0.05) is 35.9 Å². The van der Waals surface area contributed by atoms with E-state index in [2.05, 4.69) is 0 Å². The van der Waals surface area contributed by atoms with Crippen LogP contribution in [0.25, 0.3) is 0 Å². The van der Waals surface area contributed by atoms with Gasteiger partial charge in [0.2, 0.25) is 10.0 Å². The maximum Gasteiger partial charge on any atom is 0.263 e. The van der Waals surface area contributed by atoms with Crippen LogP contribution < -0.4 is 4.74 Å². The third-order valence-electron chi connectivity index (χ3n) is 4.39. The predicted octanol–water partition coefficient (Wildman–Crippen LogP) is 2.64. The lowest BCUT2D eigenvalue weighted by Crippen LogP contribution is -2.53. The smallest absolute Gasteiger partial charge is 0.263 e. The lowest BCUT2D eigenvalue weighted by Gasteiger charge is -2.35. The third kappa shape index (κ3) is 4.61. The molecule has 1 heterocycles. The maximum absolute atomic E-state index is 12.7. The standard InChI is InChI=1S/C19H21ClN2O4S/c1-15(26-17-7-3-2-4-8-17)19(23)21-10-12-22(13-11-21)27(24,25)18-9-5-6-16(20)14-18/h2-9,14-15H,10-13H2,1H3. The first-order valence-corrected chi connectivity index (χ1v) is 10.5. The molecule has 3 rings (SSSR count). The van der Waals surface area contributed by atoms with Crippen LogP contribution in [0, 0.1) is 0 Å². The highest BCUT2D eigenvalue weighted by molar-refractivity contribution is 7.89. The van der Waals surface area contributed by atoms with E-state index in [0.29, 0.717) is 23.9 Å². The summed E-state index contributed by atoms with van der Waals surface area (Å²) in [6.45, 7) is 2.81. The number of halogens is 1.